The highest BCUT2D eigenvalue weighted by Gasteiger charge is 2.35. The normalized spacial score (nSPS) is 12.0. The SMILES string of the molecule is CCC(CC)(CNC(=O)c1cccc(S(=O)(=O)NCCOC)c1)C(=O)O. The number of hydrogen-bond acceptors (Lipinski definition) is 5. The molecule has 26 heavy (non-hydrogen) atoms. The van der Waals surface area contributed by atoms with Crippen LogP contribution in [-0.4, -0.2) is 52.2 Å². The van der Waals surface area contributed by atoms with E-state index in [1.54, 1.807) is 13.8 Å². The second kappa shape index (κ2) is 9.65. The Labute approximate surface area is 154 Å². The number of sulfonamides is 1. The van der Waals surface area contributed by atoms with E-state index in [0.717, 1.165) is 0 Å². The summed E-state index contributed by atoms with van der Waals surface area (Å²) in [5.41, 5.74) is -0.896. The summed E-state index contributed by atoms with van der Waals surface area (Å²) in [6.07, 6.45) is 0.744. The maximum absolute atomic E-state index is 12.3. The van der Waals surface area contributed by atoms with Gasteiger partial charge in [-0.25, -0.2) is 13.1 Å². The number of carbonyl (C=O) groups excluding carboxylic acids is 1. The van der Waals surface area contributed by atoms with E-state index in [1.165, 1.54) is 31.4 Å². The molecule has 0 radical (unpaired) electrons. The topological polar surface area (TPSA) is 122 Å². The molecule has 1 aromatic carbocycles. The fraction of sp³-hybridized carbons (Fsp3) is 0.529. The molecule has 0 heterocycles. The molecular formula is C17H26N2O6S. The van der Waals surface area contributed by atoms with Crippen LogP contribution in [0.15, 0.2) is 29.2 Å². The summed E-state index contributed by atoms with van der Waals surface area (Å²) in [6.45, 7) is 3.82. The van der Waals surface area contributed by atoms with Gasteiger partial charge in [-0.3, -0.25) is 9.59 Å². The number of carboxylic acids is 1. The highest BCUT2D eigenvalue weighted by Crippen LogP contribution is 2.25. The van der Waals surface area contributed by atoms with Gasteiger partial charge in [-0.15, -0.1) is 0 Å². The van der Waals surface area contributed by atoms with Crippen molar-refractivity contribution in [2.45, 2.75) is 31.6 Å². The molecule has 0 saturated heterocycles. The highest BCUT2D eigenvalue weighted by atomic mass is 32.2. The molecule has 1 rings (SSSR count). The third-order valence-corrected chi connectivity index (χ3v) is 5.86. The van der Waals surface area contributed by atoms with Crippen LogP contribution < -0.4 is 10.0 Å². The van der Waals surface area contributed by atoms with Crippen LogP contribution in [0.25, 0.3) is 0 Å². The Kier molecular flexibility index (Phi) is 8.19. The molecular weight excluding hydrogens is 360 g/mol. The van der Waals surface area contributed by atoms with E-state index in [2.05, 4.69) is 10.0 Å². The van der Waals surface area contributed by atoms with Crippen molar-refractivity contribution >= 4 is 21.9 Å². The molecule has 0 aliphatic carbocycles. The molecule has 8 nitrogen and oxygen atoms in total. The maximum atomic E-state index is 12.3. The number of hydrogen-bond donors (Lipinski definition) is 3. The zero-order valence-electron chi connectivity index (χ0n) is 15.2. The first kappa shape index (κ1) is 22.1. The summed E-state index contributed by atoms with van der Waals surface area (Å²) in [5.74, 6) is -1.49. The Balaban J connectivity index is 2.90. The predicted octanol–water partition coefficient (Wildman–Crippen LogP) is 1.23. The molecule has 0 bridgehead atoms. The van der Waals surface area contributed by atoms with Crippen molar-refractivity contribution in [3.05, 3.63) is 29.8 Å². The van der Waals surface area contributed by atoms with Gasteiger partial charge in [0.1, 0.15) is 0 Å². The van der Waals surface area contributed by atoms with Gasteiger partial charge in [0.2, 0.25) is 10.0 Å². The summed E-state index contributed by atoms with van der Waals surface area (Å²) in [4.78, 5) is 23.8. The summed E-state index contributed by atoms with van der Waals surface area (Å²) >= 11 is 0. The first-order valence-electron chi connectivity index (χ1n) is 8.32. The summed E-state index contributed by atoms with van der Waals surface area (Å²) in [7, 11) is -2.30. The molecule has 0 aromatic heterocycles. The van der Waals surface area contributed by atoms with E-state index in [1.807, 2.05) is 0 Å². The quantitative estimate of drug-likeness (QED) is 0.492. The molecule has 0 aliphatic heterocycles. The number of ether oxygens (including phenoxy) is 1. The molecule has 9 heteroatoms. The third kappa shape index (κ3) is 5.52. The lowest BCUT2D eigenvalue weighted by atomic mass is 9.82. The monoisotopic (exact) mass is 386 g/mol. The van der Waals surface area contributed by atoms with Gasteiger partial charge in [-0.05, 0) is 31.0 Å². The molecule has 1 amide bonds. The lowest BCUT2D eigenvalue weighted by molar-refractivity contribution is -0.149. The van der Waals surface area contributed by atoms with Crippen molar-refractivity contribution in [1.29, 1.82) is 0 Å². The van der Waals surface area contributed by atoms with Gasteiger partial charge in [-0.1, -0.05) is 19.9 Å². The van der Waals surface area contributed by atoms with E-state index in [0.29, 0.717) is 12.8 Å². The number of rotatable bonds is 11. The van der Waals surface area contributed by atoms with Crippen LogP contribution in [0.5, 0.6) is 0 Å². The number of benzene rings is 1. The van der Waals surface area contributed by atoms with Crippen LogP contribution in [0.4, 0.5) is 0 Å². The highest BCUT2D eigenvalue weighted by molar-refractivity contribution is 7.89. The maximum Gasteiger partial charge on any atom is 0.311 e. The van der Waals surface area contributed by atoms with Gasteiger partial charge in [-0.2, -0.15) is 0 Å². The molecule has 0 saturated carbocycles. The van der Waals surface area contributed by atoms with Crippen LogP contribution in [0, 0.1) is 5.41 Å². The van der Waals surface area contributed by atoms with E-state index >= 15 is 0 Å². The summed E-state index contributed by atoms with van der Waals surface area (Å²) < 4.78 is 31.6. The lowest BCUT2D eigenvalue weighted by Gasteiger charge is -2.26. The molecule has 3 N–H and O–H groups in total. The molecule has 0 spiro atoms. The fourth-order valence-corrected chi connectivity index (χ4v) is 3.45. The van der Waals surface area contributed by atoms with Crippen molar-refractivity contribution in [2.75, 3.05) is 26.8 Å². The van der Waals surface area contributed by atoms with Gasteiger partial charge in [0.25, 0.3) is 5.91 Å². The van der Waals surface area contributed by atoms with Gasteiger partial charge in [0, 0.05) is 25.8 Å². The van der Waals surface area contributed by atoms with Crippen molar-refractivity contribution in [3.63, 3.8) is 0 Å². The zero-order chi connectivity index (χ0) is 19.8. The second-order valence-corrected chi connectivity index (χ2v) is 7.66. The number of carbonyl (C=O) groups is 2. The molecule has 146 valence electrons. The number of amides is 1. The van der Waals surface area contributed by atoms with Gasteiger partial charge in [0.05, 0.1) is 16.9 Å². The Bertz CT molecular complexity index is 729. The minimum absolute atomic E-state index is 0.0305. The van der Waals surface area contributed by atoms with E-state index < -0.39 is 27.3 Å². The molecule has 0 aliphatic rings. The fourth-order valence-electron chi connectivity index (χ4n) is 2.40. The molecule has 0 atom stereocenters. The largest absolute Gasteiger partial charge is 0.481 e. The Morgan fingerprint density at radius 1 is 1.23 bits per heavy atom. The van der Waals surface area contributed by atoms with E-state index in [-0.39, 0.29) is 30.2 Å². The number of aliphatic carboxylic acids is 1. The number of nitrogens with one attached hydrogen (secondary N) is 2. The van der Waals surface area contributed by atoms with E-state index in [4.69, 9.17) is 4.74 Å². The molecule has 0 unspecified atom stereocenters. The third-order valence-electron chi connectivity index (χ3n) is 4.40. The van der Waals surface area contributed by atoms with Crippen LogP contribution in [0.3, 0.4) is 0 Å². The zero-order valence-corrected chi connectivity index (χ0v) is 16.1. The average molecular weight is 386 g/mol. The van der Waals surface area contributed by atoms with Gasteiger partial charge >= 0.3 is 5.97 Å². The first-order valence-corrected chi connectivity index (χ1v) is 9.81. The Hall–Kier alpha value is -1.97. The Morgan fingerprint density at radius 3 is 2.42 bits per heavy atom. The van der Waals surface area contributed by atoms with Crippen molar-refractivity contribution in [2.24, 2.45) is 5.41 Å². The molecule has 0 fully saturated rings. The second-order valence-electron chi connectivity index (χ2n) is 5.89. The summed E-state index contributed by atoms with van der Waals surface area (Å²) in [6, 6.07) is 5.57. The van der Waals surface area contributed by atoms with E-state index in [9.17, 15) is 23.1 Å². The van der Waals surface area contributed by atoms with Crippen LogP contribution in [0.2, 0.25) is 0 Å². The lowest BCUT2D eigenvalue weighted by Crippen LogP contribution is -2.42. The van der Waals surface area contributed by atoms with Crippen LogP contribution >= 0.6 is 0 Å². The Morgan fingerprint density at radius 2 is 1.88 bits per heavy atom. The minimum Gasteiger partial charge on any atom is -0.481 e. The predicted molar refractivity (Wildman–Crippen MR) is 96.5 cm³/mol. The van der Waals surface area contributed by atoms with Gasteiger partial charge < -0.3 is 15.2 Å². The number of methoxy groups -OCH3 is 1. The first-order chi connectivity index (χ1) is 12.2. The van der Waals surface area contributed by atoms with Gasteiger partial charge in [0.15, 0.2) is 0 Å². The standard InChI is InChI=1S/C17H26N2O6S/c1-4-17(5-2,16(21)22)12-18-15(20)13-7-6-8-14(11-13)26(23,24)19-9-10-25-3/h6-8,11,19H,4-5,9-10,12H2,1-3H3,(H,18,20)(H,21,22). The number of carboxylic acid groups (broad SMARTS) is 1. The van der Waals surface area contributed by atoms with Crippen molar-refractivity contribution in [1.82, 2.24) is 10.0 Å². The summed E-state index contributed by atoms with van der Waals surface area (Å²) in [5, 5.41) is 12.0. The molecule has 1 aromatic rings. The van der Waals surface area contributed by atoms with Crippen LogP contribution in [-0.2, 0) is 19.6 Å². The van der Waals surface area contributed by atoms with Crippen molar-refractivity contribution < 1.29 is 27.9 Å². The van der Waals surface area contributed by atoms with Crippen molar-refractivity contribution in [3.8, 4) is 0 Å². The smallest absolute Gasteiger partial charge is 0.311 e. The van der Waals surface area contributed by atoms with Crippen LogP contribution in [0.1, 0.15) is 37.0 Å². The average Bonchev–Trinajstić information content (AvgIpc) is 2.62. The minimum atomic E-state index is -3.76.